The lowest BCUT2D eigenvalue weighted by molar-refractivity contribution is 0.00702. The molecule has 3 heteroatoms. The van der Waals surface area contributed by atoms with E-state index in [4.69, 9.17) is 4.74 Å². The Hall–Kier alpha value is -0.120. The Morgan fingerprint density at radius 2 is 1.30 bits per heavy atom. The molecule has 1 atom stereocenters. The van der Waals surface area contributed by atoms with Gasteiger partial charge in [0, 0.05) is 13.1 Å². The van der Waals surface area contributed by atoms with Crippen LogP contribution in [-0.2, 0) is 4.74 Å². The molecule has 3 nitrogen and oxygen atoms in total. The average Bonchev–Trinajstić information content (AvgIpc) is 2.59. The summed E-state index contributed by atoms with van der Waals surface area (Å²) in [7, 11) is 0. The van der Waals surface area contributed by atoms with E-state index in [1.807, 2.05) is 0 Å². The number of ether oxygens (including phenoxy) is 1. The number of morpholine rings is 1. The number of hydrogen-bond donors (Lipinski definition) is 2. The fourth-order valence-corrected chi connectivity index (χ4v) is 3.28. The molecular formula is C20H42N2O. The number of unbranched alkanes of at least 4 members (excludes halogenated alkanes) is 13. The fourth-order valence-electron chi connectivity index (χ4n) is 3.28. The summed E-state index contributed by atoms with van der Waals surface area (Å²) in [6.07, 6.45) is 20.2. The van der Waals surface area contributed by atoms with Crippen LogP contribution in [0.4, 0.5) is 0 Å². The van der Waals surface area contributed by atoms with Gasteiger partial charge in [-0.3, -0.25) is 5.32 Å². The highest BCUT2D eigenvalue weighted by Crippen LogP contribution is 2.12. The molecule has 1 heterocycles. The van der Waals surface area contributed by atoms with Crippen LogP contribution in [0.1, 0.15) is 96.8 Å². The molecular weight excluding hydrogens is 284 g/mol. The fraction of sp³-hybridized carbons (Fsp3) is 1.00. The summed E-state index contributed by atoms with van der Waals surface area (Å²) < 4.78 is 5.62. The molecule has 138 valence electrons. The molecule has 0 bridgehead atoms. The van der Waals surface area contributed by atoms with Crippen molar-refractivity contribution in [1.29, 1.82) is 0 Å². The molecule has 2 N–H and O–H groups in total. The van der Waals surface area contributed by atoms with Gasteiger partial charge in [-0.15, -0.1) is 0 Å². The van der Waals surface area contributed by atoms with Gasteiger partial charge in [0.05, 0.1) is 6.61 Å². The van der Waals surface area contributed by atoms with Crippen molar-refractivity contribution in [2.45, 2.75) is 103 Å². The minimum atomic E-state index is 0.241. The number of hydrogen-bond acceptors (Lipinski definition) is 3. The molecule has 0 aromatic heterocycles. The monoisotopic (exact) mass is 326 g/mol. The first-order valence-corrected chi connectivity index (χ1v) is 10.5. The Labute approximate surface area is 145 Å². The van der Waals surface area contributed by atoms with Gasteiger partial charge in [0.2, 0.25) is 0 Å². The molecule has 1 fully saturated rings. The lowest BCUT2D eigenvalue weighted by Crippen LogP contribution is -2.47. The van der Waals surface area contributed by atoms with E-state index in [1.165, 1.54) is 89.9 Å². The summed E-state index contributed by atoms with van der Waals surface area (Å²) in [4.78, 5) is 0. The van der Waals surface area contributed by atoms with Gasteiger partial charge >= 0.3 is 0 Å². The summed E-state index contributed by atoms with van der Waals surface area (Å²) in [5.41, 5.74) is 0. The summed E-state index contributed by atoms with van der Waals surface area (Å²) in [6, 6.07) is 0. The smallest absolute Gasteiger partial charge is 0.120 e. The van der Waals surface area contributed by atoms with Crippen LogP contribution in [0.15, 0.2) is 0 Å². The maximum Gasteiger partial charge on any atom is 0.120 e. The molecule has 1 aliphatic heterocycles. The second-order valence-electron chi connectivity index (χ2n) is 7.11. The van der Waals surface area contributed by atoms with Crippen LogP contribution in [0.3, 0.4) is 0 Å². The van der Waals surface area contributed by atoms with Crippen LogP contribution in [0, 0.1) is 0 Å². The van der Waals surface area contributed by atoms with Gasteiger partial charge in [-0.05, 0) is 13.0 Å². The van der Waals surface area contributed by atoms with Crippen LogP contribution < -0.4 is 10.6 Å². The highest BCUT2D eigenvalue weighted by atomic mass is 16.5. The van der Waals surface area contributed by atoms with Crippen LogP contribution in [-0.4, -0.2) is 32.5 Å². The maximum atomic E-state index is 5.62. The van der Waals surface area contributed by atoms with Crippen molar-refractivity contribution in [1.82, 2.24) is 10.6 Å². The van der Waals surface area contributed by atoms with Crippen LogP contribution >= 0.6 is 0 Å². The lowest BCUT2D eigenvalue weighted by atomic mass is 10.0. The zero-order chi connectivity index (χ0) is 16.4. The normalized spacial score (nSPS) is 18.4. The quantitative estimate of drug-likeness (QED) is 0.391. The number of rotatable bonds is 16. The van der Waals surface area contributed by atoms with Gasteiger partial charge in [0.25, 0.3) is 0 Å². The lowest BCUT2D eigenvalue weighted by Gasteiger charge is -2.24. The molecule has 0 aromatic carbocycles. The molecule has 1 saturated heterocycles. The van der Waals surface area contributed by atoms with Gasteiger partial charge in [0.15, 0.2) is 0 Å². The third-order valence-electron chi connectivity index (χ3n) is 4.83. The molecule has 0 aliphatic carbocycles. The highest BCUT2D eigenvalue weighted by molar-refractivity contribution is 4.64. The standard InChI is InChI=1S/C20H42N2O/c1-2-3-4-5-6-7-8-9-10-11-12-13-14-15-16-22-20-19-21-17-18-23-20/h20-22H,2-19H2,1H3. The van der Waals surface area contributed by atoms with E-state index < -0.39 is 0 Å². The minimum absolute atomic E-state index is 0.241. The van der Waals surface area contributed by atoms with Crippen molar-refractivity contribution in [2.75, 3.05) is 26.2 Å². The van der Waals surface area contributed by atoms with Crippen molar-refractivity contribution in [3.05, 3.63) is 0 Å². The van der Waals surface area contributed by atoms with E-state index in [2.05, 4.69) is 17.6 Å². The van der Waals surface area contributed by atoms with E-state index in [9.17, 15) is 0 Å². The van der Waals surface area contributed by atoms with Gasteiger partial charge < -0.3 is 10.1 Å². The maximum absolute atomic E-state index is 5.62. The second-order valence-corrected chi connectivity index (χ2v) is 7.11. The van der Waals surface area contributed by atoms with Gasteiger partial charge in [0.1, 0.15) is 6.23 Å². The third-order valence-corrected chi connectivity index (χ3v) is 4.83. The van der Waals surface area contributed by atoms with Crippen LogP contribution in [0.25, 0.3) is 0 Å². The largest absolute Gasteiger partial charge is 0.361 e. The van der Waals surface area contributed by atoms with E-state index in [1.54, 1.807) is 0 Å². The topological polar surface area (TPSA) is 33.3 Å². The summed E-state index contributed by atoms with van der Waals surface area (Å²) >= 11 is 0. The van der Waals surface area contributed by atoms with Gasteiger partial charge in [-0.1, -0.05) is 90.4 Å². The predicted octanol–water partition coefficient (Wildman–Crippen LogP) is 5.00. The minimum Gasteiger partial charge on any atom is -0.361 e. The first-order valence-electron chi connectivity index (χ1n) is 10.5. The van der Waals surface area contributed by atoms with Gasteiger partial charge in [-0.2, -0.15) is 0 Å². The third kappa shape index (κ3) is 14.0. The molecule has 0 saturated carbocycles. The van der Waals surface area contributed by atoms with Crippen molar-refractivity contribution in [2.24, 2.45) is 0 Å². The predicted molar refractivity (Wildman–Crippen MR) is 101 cm³/mol. The molecule has 0 aromatic rings. The van der Waals surface area contributed by atoms with Crippen molar-refractivity contribution >= 4 is 0 Å². The second kappa shape index (κ2) is 16.7. The Kier molecular flexibility index (Phi) is 15.2. The molecule has 0 spiro atoms. The zero-order valence-electron chi connectivity index (χ0n) is 15.7. The van der Waals surface area contributed by atoms with E-state index >= 15 is 0 Å². The molecule has 1 unspecified atom stereocenters. The van der Waals surface area contributed by atoms with E-state index in [0.717, 1.165) is 26.2 Å². The summed E-state index contributed by atoms with van der Waals surface area (Å²) in [6.45, 7) is 6.19. The Morgan fingerprint density at radius 3 is 1.78 bits per heavy atom. The highest BCUT2D eigenvalue weighted by Gasteiger charge is 2.10. The molecule has 23 heavy (non-hydrogen) atoms. The average molecular weight is 327 g/mol. The molecule has 0 radical (unpaired) electrons. The Balaban J connectivity index is 1.67. The zero-order valence-corrected chi connectivity index (χ0v) is 15.7. The van der Waals surface area contributed by atoms with Crippen molar-refractivity contribution in [3.63, 3.8) is 0 Å². The Morgan fingerprint density at radius 1 is 0.783 bits per heavy atom. The summed E-state index contributed by atoms with van der Waals surface area (Å²) in [5.74, 6) is 0. The van der Waals surface area contributed by atoms with E-state index in [0.29, 0.717) is 0 Å². The van der Waals surface area contributed by atoms with Crippen molar-refractivity contribution < 1.29 is 4.74 Å². The van der Waals surface area contributed by atoms with E-state index in [-0.39, 0.29) is 6.23 Å². The van der Waals surface area contributed by atoms with Crippen LogP contribution in [0.2, 0.25) is 0 Å². The Bertz CT molecular complexity index is 230. The first kappa shape index (κ1) is 20.9. The first-order chi connectivity index (χ1) is 11.4. The van der Waals surface area contributed by atoms with Crippen LogP contribution in [0.5, 0.6) is 0 Å². The molecule has 1 aliphatic rings. The molecule has 0 amide bonds. The SMILES string of the molecule is CCCCCCCCCCCCCCCCNC1CNCCO1. The number of nitrogens with one attached hydrogen (secondary N) is 2. The van der Waals surface area contributed by atoms with Gasteiger partial charge in [-0.25, -0.2) is 0 Å². The molecule has 1 rings (SSSR count). The summed E-state index contributed by atoms with van der Waals surface area (Å²) in [5, 5.41) is 6.83. The van der Waals surface area contributed by atoms with Crippen molar-refractivity contribution in [3.8, 4) is 0 Å².